The van der Waals surface area contributed by atoms with Crippen molar-refractivity contribution < 1.29 is 14.3 Å². The van der Waals surface area contributed by atoms with Gasteiger partial charge in [-0.2, -0.15) is 0 Å². The van der Waals surface area contributed by atoms with Crippen LogP contribution in [0, 0.1) is 5.82 Å². The number of benzene rings is 1. The quantitative estimate of drug-likeness (QED) is 0.825. The summed E-state index contributed by atoms with van der Waals surface area (Å²) in [5.74, 6) is -1.19. The summed E-state index contributed by atoms with van der Waals surface area (Å²) >= 11 is 11.5. The van der Waals surface area contributed by atoms with E-state index < -0.39 is 17.8 Å². The molecule has 6 heteroatoms. The Labute approximate surface area is 120 Å². The van der Waals surface area contributed by atoms with Crippen LogP contribution >= 0.6 is 23.2 Å². The van der Waals surface area contributed by atoms with Gasteiger partial charge in [0.2, 0.25) is 0 Å². The highest BCUT2D eigenvalue weighted by atomic mass is 35.5. The van der Waals surface area contributed by atoms with E-state index >= 15 is 0 Å². The summed E-state index contributed by atoms with van der Waals surface area (Å²) in [6.45, 7) is 0. The van der Waals surface area contributed by atoms with Crippen molar-refractivity contribution in [1.29, 1.82) is 0 Å². The predicted molar refractivity (Wildman–Crippen MR) is 72.1 cm³/mol. The molecule has 0 aromatic heterocycles. The Bertz CT molecular complexity index is 496. The summed E-state index contributed by atoms with van der Waals surface area (Å²) in [5, 5.41) is 12.4. The molecule has 1 aliphatic rings. The first-order valence-electron chi connectivity index (χ1n) is 6.12. The number of halogens is 3. The monoisotopic (exact) mass is 305 g/mol. The van der Waals surface area contributed by atoms with Gasteiger partial charge in [-0.25, -0.2) is 4.39 Å². The summed E-state index contributed by atoms with van der Waals surface area (Å²) in [6.07, 6.45) is 2.71. The van der Waals surface area contributed by atoms with Gasteiger partial charge in [-0.3, -0.25) is 4.79 Å². The molecule has 1 aromatic rings. The number of amides is 1. The van der Waals surface area contributed by atoms with Crippen molar-refractivity contribution in [3.63, 3.8) is 0 Å². The SMILES string of the molecule is O=C(N[C@H]1CCCC[C@@H]1O)c1cc(F)c(Cl)cc1Cl. The summed E-state index contributed by atoms with van der Waals surface area (Å²) in [4.78, 5) is 12.0. The maximum Gasteiger partial charge on any atom is 0.253 e. The molecule has 1 fully saturated rings. The Morgan fingerprint density at radius 3 is 2.63 bits per heavy atom. The number of hydrogen-bond acceptors (Lipinski definition) is 2. The van der Waals surface area contributed by atoms with Crippen LogP contribution in [-0.2, 0) is 0 Å². The number of hydrogen-bond donors (Lipinski definition) is 2. The second-order valence-electron chi connectivity index (χ2n) is 4.68. The fraction of sp³-hybridized carbons (Fsp3) is 0.462. The van der Waals surface area contributed by atoms with Crippen LogP contribution < -0.4 is 5.32 Å². The van der Waals surface area contributed by atoms with Gasteiger partial charge in [0.15, 0.2) is 0 Å². The molecule has 0 bridgehead atoms. The molecule has 0 spiro atoms. The Kier molecular flexibility index (Phi) is 4.66. The van der Waals surface area contributed by atoms with Gasteiger partial charge in [0, 0.05) is 0 Å². The van der Waals surface area contributed by atoms with Gasteiger partial charge in [0.25, 0.3) is 5.91 Å². The maximum absolute atomic E-state index is 13.4. The highest BCUT2D eigenvalue weighted by molar-refractivity contribution is 6.36. The lowest BCUT2D eigenvalue weighted by Crippen LogP contribution is -2.45. The summed E-state index contributed by atoms with van der Waals surface area (Å²) in [5.41, 5.74) is 0.0290. The topological polar surface area (TPSA) is 49.3 Å². The third-order valence-corrected chi connectivity index (χ3v) is 3.90. The summed E-state index contributed by atoms with van der Waals surface area (Å²) < 4.78 is 13.4. The van der Waals surface area contributed by atoms with Gasteiger partial charge >= 0.3 is 0 Å². The van der Waals surface area contributed by atoms with Gasteiger partial charge < -0.3 is 10.4 Å². The van der Waals surface area contributed by atoms with Crippen molar-refractivity contribution >= 4 is 29.1 Å². The Morgan fingerprint density at radius 2 is 1.95 bits per heavy atom. The molecule has 19 heavy (non-hydrogen) atoms. The molecule has 2 rings (SSSR count). The first-order valence-corrected chi connectivity index (χ1v) is 6.88. The van der Waals surface area contributed by atoms with E-state index in [1.54, 1.807) is 0 Å². The second-order valence-corrected chi connectivity index (χ2v) is 5.49. The molecule has 0 saturated heterocycles. The molecule has 1 aliphatic carbocycles. The van der Waals surface area contributed by atoms with E-state index in [1.165, 1.54) is 6.07 Å². The van der Waals surface area contributed by atoms with E-state index in [0.29, 0.717) is 12.8 Å². The third-order valence-electron chi connectivity index (χ3n) is 3.30. The molecule has 0 radical (unpaired) electrons. The number of aliphatic hydroxyl groups excluding tert-OH is 1. The zero-order valence-electron chi connectivity index (χ0n) is 10.1. The number of carbonyl (C=O) groups is 1. The van der Waals surface area contributed by atoms with Crippen molar-refractivity contribution in [2.45, 2.75) is 37.8 Å². The number of aliphatic hydroxyl groups is 1. The van der Waals surface area contributed by atoms with E-state index in [2.05, 4.69) is 5.32 Å². The van der Waals surface area contributed by atoms with Gasteiger partial charge in [0.05, 0.1) is 27.8 Å². The first kappa shape index (κ1) is 14.6. The number of rotatable bonds is 2. The Morgan fingerprint density at radius 1 is 1.26 bits per heavy atom. The van der Waals surface area contributed by atoms with Crippen LogP contribution in [0.5, 0.6) is 0 Å². The van der Waals surface area contributed by atoms with Crippen molar-refractivity contribution in [3.05, 3.63) is 33.6 Å². The molecule has 104 valence electrons. The van der Waals surface area contributed by atoms with Crippen LogP contribution in [0.25, 0.3) is 0 Å². The summed E-state index contributed by atoms with van der Waals surface area (Å²) in [7, 11) is 0. The molecule has 2 atom stereocenters. The number of carbonyl (C=O) groups excluding carboxylic acids is 1. The lowest BCUT2D eigenvalue weighted by molar-refractivity contribution is 0.0717. The molecule has 3 nitrogen and oxygen atoms in total. The van der Waals surface area contributed by atoms with Crippen LogP contribution in [-0.4, -0.2) is 23.2 Å². The van der Waals surface area contributed by atoms with Gasteiger partial charge in [0.1, 0.15) is 5.82 Å². The fourth-order valence-corrected chi connectivity index (χ4v) is 2.69. The van der Waals surface area contributed by atoms with Crippen LogP contribution in [0.15, 0.2) is 12.1 Å². The normalized spacial score (nSPS) is 23.2. The predicted octanol–water partition coefficient (Wildman–Crippen LogP) is 3.17. The van der Waals surface area contributed by atoms with Crippen molar-refractivity contribution in [2.75, 3.05) is 0 Å². The van der Waals surface area contributed by atoms with E-state index in [1.807, 2.05) is 0 Å². The van der Waals surface area contributed by atoms with E-state index in [0.717, 1.165) is 18.9 Å². The van der Waals surface area contributed by atoms with Crippen molar-refractivity contribution in [3.8, 4) is 0 Å². The smallest absolute Gasteiger partial charge is 0.253 e. The van der Waals surface area contributed by atoms with Gasteiger partial charge in [-0.05, 0) is 25.0 Å². The average molecular weight is 306 g/mol. The van der Waals surface area contributed by atoms with Crippen LogP contribution in [0.4, 0.5) is 4.39 Å². The molecule has 1 aromatic carbocycles. The van der Waals surface area contributed by atoms with Crippen LogP contribution in [0.2, 0.25) is 10.0 Å². The molecule has 0 aliphatic heterocycles. The fourth-order valence-electron chi connectivity index (χ4n) is 2.22. The molecular weight excluding hydrogens is 292 g/mol. The highest BCUT2D eigenvalue weighted by Gasteiger charge is 2.25. The number of nitrogens with one attached hydrogen (secondary N) is 1. The minimum absolute atomic E-state index is 0.0290. The second kappa shape index (κ2) is 6.07. The third kappa shape index (κ3) is 3.38. The van der Waals surface area contributed by atoms with Crippen molar-refractivity contribution in [1.82, 2.24) is 5.32 Å². The molecule has 0 unspecified atom stereocenters. The van der Waals surface area contributed by atoms with E-state index in [9.17, 15) is 14.3 Å². The molecule has 1 amide bonds. The zero-order chi connectivity index (χ0) is 14.0. The first-order chi connectivity index (χ1) is 8.99. The van der Waals surface area contributed by atoms with E-state index in [-0.39, 0.29) is 21.7 Å². The van der Waals surface area contributed by atoms with Crippen LogP contribution in [0.3, 0.4) is 0 Å². The molecule has 1 saturated carbocycles. The largest absolute Gasteiger partial charge is 0.391 e. The summed E-state index contributed by atoms with van der Waals surface area (Å²) in [6, 6.07) is 1.90. The van der Waals surface area contributed by atoms with E-state index in [4.69, 9.17) is 23.2 Å². The van der Waals surface area contributed by atoms with Crippen molar-refractivity contribution in [2.24, 2.45) is 0 Å². The lowest BCUT2D eigenvalue weighted by Gasteiger charge is -2.28. The molecular formula is C13H14Cl2FNO2. The molecule has 2 N–H and O–H groups in total. The Balaban J connectivity index is 2.13. The lowest BCUT2D eigenvalue weighted by atomic mass is 9.92. The zero-order valence-corrected chi connectivity index (χ0v) is 11.6. The van der Waals surface area contributed by atoms with Crippen LogP contribution in [0.1, 0.15) is 36.0 Å². The minimum Gasteiger partial charge on any atom is -0.391 e. The van der Waals surface area contributed by atoms with Gasteiger partial charge in [-0.15, -0.1) is 0 Å². The Hall–Kier alpha value is -0.840. The minimum atomic E-state index is -0.694. The maximum atomic E-state index is 13.4. The van der Waals surface area contributed by atoms with Gasteiger partial charge in [-0.1, -0.05) is 36.0 Å². The molecule has 0 heterocycles. The standard InChI is InChI=1S/C13H14Cl2FNO2/c14-8-6-9(15)10(16)5-7(8)13(19)17-11-3-1-2-4-12(11)18/h5-6,11-12,18H,1-4H2,(H,17,19)/t11-,12-/m0/s1. The highest BCUT2D eigenvalue weighted by Crippen LogP contribution is 2.25. The average Bonchev–Trinajstić information content (AvgIpc) is 2.36.